The highest BCUT2D eigenvalue weighted by atomic mass is 19.1. The third kappa shape index (κ3) is 4.00. The van der Waals surface area contributed by atoms with Crippen molar-refractivity contribution in [2.45, 2.75) is 13.5 Å². The van der Waals surface area contributed by atoms with Crippen molar-refractivity contribution in [2.75, 3.05) is 20.7 Å². The molecule has 1 N–H and O–H groups in total. The largest absolute Gasteiger partial charge is 0.494 e. The molecule has 0 saturated carbocycles. The fourth-order valence-electron chi connectivity index (χ4n) is 1.73. The molecule has 0 heterocycles. The molecule has 0 spiro atoms. The summed E-state index contributed by atoms with van der Waals surface area (Å²) in [4.78, 5) is 12.6. The van der Waals surface area contributed by atoms with Crippen molar-refractivity contribution in [1.29, 1.82) is 0 Å². The van der Waals surface area contributed by atoms with Crippen molar-refractivity contribution in [2.24, 2.45) is 5.92 Å². The Kier molecular flexibility index (Phi) is 5.09. The van der Waals surface area contributed by atoms with Crippen molar-refractivity contribution in [3.63, 3.8) is 0 Å². The SMILES string of the molecule is COc1ccc(CN(C)CC(C)C(=O)O)cc1F. The lowest BCUT2D eigenvalue weighted by Gasteiger charge is -2.19. The van der Waals surface area contributed by atoms with Crippen molar-refractivity contribution in [3.8, 4) is 5.75 Å². The van der Waals surface area contributed by atoms with Crippen LogP contribution in [0.2, 0.25) is 0 Å². The highest BCUT2D eigenvalue weighted by Crippen LogP contribution is 2.18. The number of benzene rings is 1. The Balaban J connectivity index is 2.62. The zero-order valence-electron chi connectivity index (χ0n) is 10.8. The van der Waals surface area contributed by atoms with Gasteiger partial charge in [0.25, 0.3) is 0 Å². The van der Waals surface area contributed by atoms with Crippen LogP contribution in [-0.2, 0) is 11.3 Å². The average molecular weight is 255 g/mol. The van der Waals surface area contributed by atoms with E-state index in [1.807, 2.05) is 11.9 Å². The number of methoxy groups -OCH3 is 1. The molecule has 18 heavy (non-hydrogen) atoms. The molecule has 0 radical (unpaired) electrons. The minimum absolute atomic E-state index is 0.209. The molecule has 1 aromatic rings. The minimum Gasteiger partial charge on any atom is -0.494 e. The van der Waals surface area contributed by atoms with Crippen LogP contribution in [0, 0.1) is 11.7 Å². The number of halogens is 1. The van der Waals surface area contributed by atoms with Gasteiger partial charge < -0.3 is 14.7 Å². The van der Waals surface area contributed by atoms with Gasteiger partial charge in [0, 0.05) is 13.1 Å². The Morgan fingerprint density at radius 3 is 2.72 bits per heavy atom. The standard InChI is InChI=1S/C13H18FNO3/c1-9(13(16)17)7-15(2)8-10-4-5-12(18-3)11(14)6-10/h4-6,9H,7-8H2,1-3H3,(H,16,17). The van der Waals surface area contributed by atoms with E-state index in [1.165, 1.54) is 13.2 Å². The van der Waals surface area contributed by atoms with E-state index in [0.717, 1.165) is 5.56 Å². The molecule has 0 aliphatic heterocycles. The van der Waals surface area contributed by atoms with Gasteiger partial charge in [-0.2, -0.15) is 0 Å². The zero-order valence-corrected chi connectivity index (χ0v) is 10.8. The number of carbonyl (C=O) groups is 1. The normalized spacial score (nSPS) is 12.5. The van der Waals surface area contributed by atoms with Crippen molar-refractivity contribution in [3.05, 3.63) is 29.6 Å². The predicted octanol–water partition coefficient (Wildman–Crippen LogP) is 1.99. The summed E-state index contributed by atoms with van der Waals surface area (Å²) in [6.07, 6.45) is 0. The molecule has 0 bridgehead atoms. The number of hydrogen-bond acceptors (Lipinski definition) is 3. The maximum Gasteiger partial charge on any atom is 0.307 e. The monoisotopic (exact) mass is 255 g/mol. The molecule has 0 amide bonds. The topological polar surface area (TPSA) is 49.8 Å². The lowest BCUT2D eigenvalue weighted by molar-refractivity contribution is -0.141. The first-order valence-electron chi connectivity index (χ1n) is 5.67. The third-order valence-electron chi connectivity index (χ3n) is 2.68. The molecule has 0 aromatic heterocycles. The first kappa shape index (κ1) is 14.4. The first-order chi connectivity index (χ1) is 8.43. The highest BCUT2D eigenvalue weighted by Gasteiger charge is 2.14. The third-order valence-corrected chi connectivity index (χ3v) is 2.68. The summed E-state index contributed by atoms with van der Waals surface area (Å²) in [5.74, 6) is -1.48. The smallest absolute Gasteiger partial charge is 0.307 e. The van der Waals surface area contributed by atoms with Gasteiger partial charge in [-0.25, -0.2) is 4.39 Å². The Bertz CT molecular complexity index is 423. The second kappa shape index (κ2) is 6.35. The van der Waals surface area contributed by atoms with Crippen LogP contribution in [0.1, 0.15) is 12.5 Å². The maximum absolute atomic E-state index is 13.5. The van der Waals surface area contributed by atoms with Gasteiger partial charge in [0.05, 0.1) is 13.0 Å². The lowest BCUT2D eigenvalue weighted by atomic mass is 10.1. The van der Waals surface area contributed by atoms with E-state index in [1.54, 1.807) is 19.1 Å². The minimum atomic E-state index is -0.831. The summed E-state index contributed by atoms with van der Waals surface area (Å²) in [7, 11) is 3.22. The van der Waals surface area contributed by atoms with Crippen molar-refractivity contribution in [1.82, 2.24) is 4.90 Å². The number of aliphatic carboxylic acids is 1. The van der Waals surface area contributed by atoms with Gasteiger partial charge in [0.1, 0.15) is 0 Å². The van der Waals surface area contributed by atoms with Gasteiger partial charge in [-0.05, 0) is 24.7 Å². The van der Waals surface area contributed by atoms with Crippen LogP contribution < -0.4 is 4.74 Å². The highest BCUT2D eigenvalue weighted by molar-refractivity contribution is 5.69. The fraction of sp³-hybridized carbons (Fsp3) is 0.462. The Hall–Kier alpha value is -1.62. The van der Waals surface area contributed by atoms with Gasteiger partial charge in [0.2, 0.25) is 0 Å². The van der Waals surface area contributed by atoms with Gasteiger partial charge in [-0.15, -0.1) is 0 Å². The van der Waals surface area contributed by atoms with Crippen LogP contribution >= 0.6 is 0 Å². The number of nitrogens with zero attached hydrogens (tertiary/aromatic N) is 1. The molecule has 1 aromatic carbocycles. The van der Waals surface area contributed by atoms with Crippen LogP contribution in [0.15, 0.2) is 18.2 Å². The lowest BCUT2D eigenvalue weighted by Crippen LogP contribution is -2.28. The van der Waals surface area contributed by atoms with Gasteiger partial charge >= 0.3 is 5.97 Å². The fourth-order valence-corrected chi connectivity index (χ4v) is 1.73. The summed E-state index contributed by atoms with van der Waals surface area (Å²) in [5, 5.41) is 8.81. The molecule has 4 nitrogen and oxygen atoms in total. The number of ether oxygens (including phenoxy) is 1. The molecule has 1 atom stereocenters. The predicted molar refractivity (Wildman–Crippen MR) is 66.1 cm³/mol. The van der Waals surface area contributed by atoms with E-state index in [0.29, 0.717) is 13.1 Å². The van der Waals surface area contributed by atoms with Crippen molar-refractivity contribution < 1.29 is 19.0 Å². The quantitative estimate of drug-likeness (QED) is 0.844. The van der Waals surface area contributed by atoms with Gasteiger partial charge in [-0.3, -0.25) is 4.79 Å². The Morgan fingerprint density at radius 2 is 2.22 bits per heavy atom. The zero-order chi connectivity index (χ0) is 13.7. The number of carboxylic acids is 1. The summed E-state index contributed by atoms with van der Waals surface area (Å²) >= 11 is 0. The summed E-state index contributed by atoms with van der Waals surface area (Å²) in [5.41, 5.74) is 0.786. The van der Waals surface area contributed by atoms with E-state index < -0.39 is 17.7 Å². The van der Waals surface area contributed by atoms with Crippen LogP contribution in [0.3, 0.4) is 0 Å². The van der Waals surface area contributed by atoms with E-state index in [4.69, 9.17) is 9.84 Å². The van der Waals surface area contributed by atoms with E-state index in [-0.39, 0.29) is 5.75 Å². The Morgan fingerprint density at radius 1 is 1.56 bits per heavy atom. The second-order valence-electron chi connectivity index (χ2n) is 4.40. The molecule has 1 rings (SSSR count). The molecule has 5 heteroatoms. The molecule has 0 aliphatic rings. The van der Waals surface area contributed by atoms with E-state index in [9.17, 15) is 9.18 Å². The number of hydrogen-bond donors (Lipinski definition) is 1. The maximum atomic E-state index is 13.5. The van der Waals surface area contributed by atoms with Crippen molar-refractivity contribution >= 4 is 5.97 Å². The van der Waals surface area contributed by atoms with Gasteiger partial charge in [-0.1, -0.05) is 13.0 Å². The number of carboxylic acid groups (broad SMARTS) is 1. The molecule has 0 aliphatic carbocycles. The summed E-state index contributed by atoms with van der Waals surface area (Å²) in [6.45, 7) is 2.56. The van der Waals surface area contributed by atoms with Gasteiger partial charge in [0.15, 0.2) is 11.6 Å². The Labute approximate surface area is 106 Å². The van der Waals surface area contributed by atoms with Crippen LogP contribution in [0.4, 0.5) is 4.39 Å². The first-order valence-corrected chi connectivity index (χ1v) is 5.67. The average Bonchev–Trinajstić information content (AvgIpc) is 2.28. The molecule has 0 saturated heterocycles. The molecular formula is C13H18FNO3. The van der Waals surface area contributed by atoms with E-state index in [2.05, 4.69) is 0 Å². The molecule has 1 unspecified atom stereocenters. The molecular weight excluding hydrogens is 237 g/mol. The second-order valence-corrected chi connectivity index (χ2v) is 4.40. The molecule has 100 valence electrons. The van der Waals surface area contributed by atoms with Crippen LogP contribution in [0.5, 0.6) is 5.75 Å². The number of rotatable bonds is 6. The summed E-state index contributed by atoms with van der Waals surface area (Å²) < 4.78 is 18.3. The van der Waals surface area contributed by atoms with Crippen LogP contribution in [-0.4, -0.2) is 36.7 Å². The summed E-state index contributed by atoms with van der Waals surface area (Å²) in [6, 6.07) is 4.74. The molecule has 0 fully saturated rings. The van der Waals surface area contributed by atoms with E-state index >= 15 is 0 Å². The van der Waals surface area contributed by atoms with Crippen LogP contribution in [0.25, 0.3) is 0 Å².